The minimum absolute atomic E-state index is 0.0758. The summed E-state index contributed by atoms with van der Waals surface area (Å²) in [4.78, 5) is 0. The molecule has 0 aliphatic carbocycles. The van der Waals surface area contributed by atoms with Gasteiger partial charge in [0.05, 0.1) is 0 Å². The molecule has 18 heavy (non-hydrogen) atoms. The van der Waals surface area contributed by atoms with E-state index >= 15 is 0 Å². The van der Waals surface area contributed by atoms with Gasteiger partial charge in [-0.15, -0.1) is 0 Å². The molecule has 1 fully saturated rings. The van der Waals surface area contributed by atoms with Crippen molar-refractivity contribution in [2.45, 2.75) is 38.1 Å². The highest BCUT2D eigenvalue weighted by Crippen LogP contribution is 2.33. The van der Waals surface area contributed by atoms with E-state index in [-0.39, 0.29) is 17.3 Å². The maximum absolute atomic E-state index is 13.0. The Balaban J connectivity index is 2.15. The van der Waals surface area contributed by atoms with E-state index in [1.165, 1.54) is 12.1 Å². The Morgan fingerprint density at radius 1 is 1.22 bits per heavy atom. The molecule has 2 nitrogen and oxygen atoms in total. The first kappa shape index (κ1) is 13.5. The first-order valence-electron chi connectivity index (χ1n) is 6.61. The van der Waals surface area contributed by atoms with Crippen molar-refractivity contribution < 1.29 is 9.13 Å². The van der Waals surface area contributed by atoms with Crippen LogP contribution in [0.5, 0.6) is 0 Å². The number of nitrogens with two attached hydrogens (primary N) is 1. The maximum atomic E-state index is 13.0. The van der Waals surface area contributed by atoms with E-state index < -0.39 is 0 Å². The lowest BCUT2D eigenvalue weighted by Crippen LogP contribution is -2.47. The highest BCUT2D eigenvalue weighted by Gasteiger charge is 2.34. The average molecular weight is 251 g/mol. The maximum Gasteiger partial charge on any atom is 0.123 e. The number of hydrogen-bond donors (Lipinski definition) is 1. The zero-order valence-corrected chi connectivity index (χ0v) is 11.2. The van der Waals surface area contributed by atoms with Gasteiger partial charge in [0.1, 0.15) is 5.82 Å². The van der Waals surface area contributed by atoms with Gasteiger partial charge in [0.15, 0.2) is 0 Å². The minimum Gasteiger partial charge on any atom is -0.381 e. The molecule has 1 heterocycles. The summed E-state index contributed by atoms with van der Waals surface area (Å²) >= 11 is 0. The highest BCUT2D eigenvalue weighted by atomic mass is 19.1. The summed E-state index contributed by atoms with van der Waals surface area (Å²) in [5.41, 5.74) is 7.40. The topological polar surface area (TPSA) is 35.2 Å². The smallest absolute Gasteiger partial charge is 0.123 e. The van der Waals surface area contributed by atoms with Gasteiger partial charge in [-0.1, -0.05) is 26.0 Å². The first-order valence-corrected chi connectivity index (χ1v) is 6.61. The molecule has 1 aliphatic rings. The van der Waals surface area contributed by atoms with Gasteiger partial charge < -0.3 is 10.5 Å². The Kier molecular flexibility index (Phi) is 4.03. The van der Waals surface area contributed by atoms with Crippen molar-refractivity contribution in [1.29, 1.82) is 0 Å². The van der Waals surface area contributed by atoms with Crippen LogP contribution in [0.1, 0.15) is 32.3 Å². The molecular weight excluding hydrogens is 229 g/mol. The molecule has 1 aromatic rings. The van der Waals surface area contributed by atoms with Gasteiger partial charge in [0.25, 0.3) is 0 Å². The zero-order chi connectivity index (χ0) is 13.2. The van der Waals surface area contributed by atoms with Crippen molar-refractivity contribution in [3.05, 3.63) is 35.6 Å². The normalized spacial score (nSPS) is 19.8. The van der Waals surface area contributed by atoms with E-state index in [0.29, 0.717) is 5.92 Å². The van der Waals surface area contributed by atoms with Crippen molar-refractivity contribution in [2.75, 3.05) is 13.2 Å². The van der Waals surface area contributed by atoms with E-state index in [1.807, 2.05) is 12.1 Å². The zero-order valence-electron chi connectivity index (χ0n) is 11.2. The van der Waals surface area contributed by atoms with Gasteiger partial charge in [-0.25, -0.2) is 4.39 Å². The fraction of sp³-hybridized carbons (Fsp3) is 0.600. The van der Waals surface area contributed by atoms with Crippen molar-refractivity contribution in [1.82, 2.24) is 0 Å². The molecule has 1 aliphatic heterocycles. The van der Waals surface area contributed by atoms with Crippen LogP contribution in [-0.2, 0) is 10.2 Å². The standard InChI is InChI=1S/C15H22FNO/c1-15(2,12-3-5-13(16)6-4-12)14(17)11-7-9-18-10-8-11/h3-6,11,14H,7-10,17H2,1-2H3. The van der Waals surface area contributed by atoms with E-state index in [9.17, 15) is 4.39 Å². The molecule has 0 aromatic heterocycles. The lowest BCUT2D eigenvalue weighted by Gasteiger charge is -2.39. The second-order valence-electron chi connectivity index (χ2n) is 5.70. The summed E-state index contributed by atoms with van der Waals surface area (Å²) in [7, 11) is 0. The Hall–Kier alpha value is -0.930. The van der Waals surface area contributed by atoms with Crippen LogP contribution in [0, 0.1) is 11.7 Å². The molecule has 2 N–H and O–H groups in total. The van der Waals surface area contributed by atoms with Crippen molar-refractivity contribution in [3.8, 4) is 0 Å². The van der Waals surface area contributed by atoms with E-state index in [4.69, 9.17) is 10.5 Å². The van der Waals surface area contributed by atoms with Gasteiger partial charge in [-0.05, 0) is 36.5 Å². The predicted octanol–water partition coefficient (Wildman–Crippen LogP) is 2.86. The van der Waals surface area contributed by atoms with Gasteiger partial charge in [-0.3, -0.25) is 0 Å². The summed E-state index contributed by atoms with van der Waals surface area (Å²) in [5, 5.41) is 0. The highest BCUT2D eigenvalue weighted by molar-refractivity contribution is 5.26. The van der Waals surface area contributed by atoms with Gasteiger partial charge in [-0.2, -0.15) is 0 Å². The molecular formula is C15H22FNO. The number of ether oxygens (including phenoxy) is 1. The Labute approximate surface area is 108 Å². The third-order valence-corrected chi connectivity index (χ3v) is 4.20. The minimum atomic E-state index is -0.200. The molecule has 0 spiro atoms. The molecule has 1 unspecified atom stereocenters. The molecule has 0 radical (unpaired) electrons. The molecule has 1 saturated heterocycles. The van der Waals surface area contributed by atoms with E-state index in [1.54, 1.807) is 0 Å². The van der Waals surface area contributed by atoms with Crippen LogP contribution in [0.3, 0.4) is 0 Å². The third-order valence-electron chi connectivity index (χ3n) is 4.20. The van der Waals surface area contributed by atoms with Gasteiger partial charge in [0.2, 0.25) is 0 Å². The Morgan fingerprint density at radius 2 is 1.78 bits per heavy atom. The van der Waals surface area contributed by atoms with E-state index in [2.05, 4.69) is 13.8 Å². The first-order chi connectivity index (χ1) is 8.51. The van der Waals surface area contributed by atoms with Crippen molar-refractivity contribution in [2.24, 2.45) is 11.7 Å². The second kappa shape index (κ2) is 5.37. The van der Waals surface area contributed by atoms with Gasteiger partial charge in [0, 0.05) is 24.7 Å². The molecule has 1 aromatic carbocycles. The molecule has 2 rings (SSSR count). The van der Waals surface area contributed by atoms with Crippen LogP contribution in [0.25, 0.3) is 0 Å². The summed E-state index contributed by atoms with van der Waals surface area (Å²) in [5.74, 6) is 0.285. The largest absolute Gasteiger partial charge is 0.381 e. The number of rotatable bonds is 3. The molecule has 3 heteroatoms. The summed E-state index contributed by atoms with van der Waals surface area (Å²) in [6.45, 7) is 5.89. The van der Waals surface area contributed by atoms with Crippen LogP contribution >= 0.6 is 0 Å². The van der Waals surface area contributed by atoms with Crippen LogP contribution < -0.4 is 5.73 Å². The fourth-order valence-corrected chi connectivity index (χ4v) is 2.74. The monoisotopic (exact) mass is 251 g/mol. The van der Waals surface area contributed by atoms with Crippen LogP contribution in [-0.4, -0.2) is 19.3 Å². The summed E-state index contributed by atoms with van der Waals surface area (Å²) < 4.78 is 18.4. The number of hydrogen-bond acceptors (Lipinski definition) is 2. The summed E-state index contributed by atoms with van der Waals surface area (Å²) in [6.07, 6.45) is 2.04. The van der Waals surface area contributed by atoms with Crippen LogP contribution in [0.2, 0.25) is 0 Å². The number of halogens is 1. The van der Waals surface area contributed by atoms with Crippen molar-refractivity contribution in [3.63, 3.8) is 0 Å². The van der Waals surface area contributed by atoms with Crippen molar-refractivity contribution >= 4 is 0 Å². The van der Waals surface area contributed by atoms with Crippen LogP contribution in [0.15, 0.2) is 24.3 Å². The predicted molar refractivity (Wildman–Crippen MR) is 70.9 cm³/mol. The molecule has 0 amide bonds. The number of benzene rings is 1. The van der Waals surface area contributed by atoms with Gasteiger partial charge >= 0.3 is 0 Å². The second-order valence-corrected chi connectivity index (χ2v) is 5.70. The summed E-state index contributed by atoms with van der Waals surface area (Å²) in [6, 6.07) is 6.77. The molecule has 0 bridgehead atoms. The Bertz CT molecular complexity index is 382. The fourth-order valence-electron chi connectivity index (χ4n) is 2.74. The van der Waals surface area contributed by atoms with E-state index in [0.717, 1.165) is 31.6 Å². The average Bonchev–Trinajstić information content (AvgIpc) is 2.39. The van der Waals surface area contributed by atoms with Crippen LogP contribution in [0.4, 0.5) is 4.39 Å². The quantitative estimate of drug-likeness (QED) is 0.896. The molecule has 100 valence electrons. The SMILES string of the molecule is CC(C)(c1ccc(F)cc1)C(N)C1CCOCC1. The lowest BCUT2D eigenvalue weighted by molar-refractivity contribution is 0.0498. The molecule has 0 saturated carbocycles. The Morgan fingerprint density at radius 3 is 2.33 bits per heavy atom. The third kappa shape index (κ3) is 2.73. The lowest BCUT2D eigenvalue weighted by atomic mass is 9.71. The molecule has 1 atom stereocenters.